The lowest BCUT2D eigenvalue weighted by Gasteiger charge is -2.27. The highest BCUT2D eigenvalue weighted by Crippen LogP contribution is 2.23. The van der Waals surface area contributed by atoms with Crippen LogP contribution in [0.1, 0.15) is 71.6 Å². The molecule has 0 heterocycles. The lowest BCUT2D eigenvalue weighted by Crippen LogP contribution is -2.43. The minimum atomic E-state index is -0.820. The third-order valence-electron chi connectivity index (χ3n) is 4.84. The van der Waals surface area contributed by atoms with E-state index >= 15 is 0 Å². The Morgan fingerprint density at radius 3 is 2.21 bits per heavy atom. The van der Waals surface area contributed by atoms with E-state index in [1.807, 2.05) is 13.8 Å². The first-order valence-corrected chi connectivity index (χ1v) is 9.29. The van der Waals surface area contributed by atoms with Crippen LogP contribution in [-0.2, 0) is 14.4 Å². The van der Waals surface area contributed by atoms with E-state index in [2.05, 4.69) is 5.32 Å². The van der Waals surface area contributed by atoms with Crippen LogP contribution in [0.3, 0.4) is 0 Å². The SMILES string of the molecule is CCN(CC)C(=O)CCCC(=O)NC1CCCCCCC1C(=O)O. The summed E-state index contributed by atoms with van der Waals surface area (Å²) in [5.41, 5.74) is 0. The highest BCUT2D eigenvalue weighted by molar-refractivity contribution is 5.80. The fourth-order valence-corrected chi connectivity index (χ4v) is 3.37. The Labute approximate surface area is 145 Å². The smallest absolute Gasteiger partial charge is 0.308 e. The fourth-order valence-electron chi connectivity index (χ4n) is 3.37. The summed E-state index contributed by atoms with van der Waals surface area (Å²) in [5, 5.41) is 12.3. The second-order valence-electron chi connectivity index (χ2n) is 6.53. The molecule has 0 aromatic rings. The van der Waals surface area contributed by atoms with Crippen molar-refractivity contribution in [2.75, 3.05) is 13.1 Å². The first kappa shape index (κ1) is 20.5. The lowest BCUT2D eigenvalue weighted by atomic mass is 9.86. The molecule has 24 heavy (non-hydrogen) atoms. The summed E-state index contributed by atoms with van der Waals surface area (Å²) in [4.78, 5) is 37.3. The number of rotatable bonds is 8. The molecule has 6 heteroatoms. The normalized spacial score (nSPS) is 21.4. The Bertz CT molecular complexity index is 421. The zero-order valence-corrected chi connectivity index (χ0v) is 15.1. The average molecular weight is 340 g/mol. The first-order chi connectivity index (χ1) is 11.5. The molecule has 0 aromatic heterocycles. The van der Waals surface area contributed by atoms with Crippen molar-refractivity contribution in [3.05, 3.63) is 0 Å². The minimum Gasteiger partial charge on any atom is -0.481 e. The second-order valence-corrected chi connectivity index (χ2v) is 6.53. The molecule has 0 spiro atoms. The molecule has 0 aromatic carbocycles. The summed E-state index contributed by atoms with van der Waals surface area (Å²) in [6, 6.07) is -0.284. The number of carboxylic acid groups (broad SMARTS) is 1. The Morgan fingerprint density at radius 2 is 1.62 bits per heavy atom. The number of carboxylic acids is 1. The topological polar surface area (TPSA) is 86.7 Å². The van der Waals surface area contributed by atoms with Gasteiger partial charge in [0.2, 0.25) is 11.8 Å². The monoisotopic (exact) mass is 340 g/mol. The van der Waals surface area contributed by atoms with E-state index in [9.17, 15) is 19.5 Å². The van der Waals surface area contributed by atoms with Gasteiger partial charge < -0.3 is 15.3 Å². The Hall–Kier alpha value is -1.59. The number of hydrogen-bond acceptors (Lipinski definition) is 3. The van der Waals surface area contributed by atoms with Gasteiger partial charge in [0.05, 0.1) is 5.92 Å². The van der Waals surface area contributed by atoms with Gasteiger partial charge in [-0.1, -0.05) is 25.7 Å². The molecule has 1 fully saturated rings. The van der Waals surface area contributed by atoms with Gasteiger partial charge in [-0.3, -0.25) is 14.4 Å². The Kier molecular flexibility index (Phi) is 9.42. The average Bonchev–Trinajstić information content (AvgIpc) is 2.51. The van der Waals surface area contributed by atoms with Crippen LogP contribution in [0.15, 0.2) is 0 Å². The summed E-state index contributed by atoms with van der Waals surface area (Å²) in [7, 11) is 0. The van der Waals surface area contributed by atoms with Crippen molar-refractivity contribution in [1.29, 1.82) is 0 Å². The van der Waals surface area contributed by atoms with Crippen LogP contribution in [0.5, 0.6) is 0 Å². The highest BCUT2D eigenvalue weighted by Gasteiger charge is 2.29. The zero-order chi connectivity index (χ0) is 17.9. The maximum absolute atomic E-state index is 12.1. The van der Waals surface area contributed by atoms with Gasteiger partial charge in [0.1, 0.15) is 0 Å². The van der Waals surface area contributed by atoms with Gasteiger partial charge in [-0.2, -0.15) is 0 Å². The molecule has 0 bridgehead atoms. The summed E-state index contributed by atoms with van der Waals surface area (Å²) in [5.74, 6) is -1.38. The molecule has 1 saturated carbocycles. The van der Waals surface area contributed by atoms with E-state index in [0.717, 1.165) is 32.1 Å². The zero-order valence-electron chi connectivity index (χ0n) is 15.1. The second kappa shape index (κ2) is 11.0. The van der Waals surface area contributed by atoms with Gasteiger partial charge in [-0.15, -0.1) is 0 Å². The van der Waals surface area contributed by atoms with Gasteiger partial charge >= 0.3 is 5.97 Å². The largest absolute Gasteiger partial charge is 0.481 e. The molecule has 0 aliphatic heterocycles. The van der Waals surface area contributed by atoms with E-state index in [0.29, 0.717) is 32.4 Å². The maximum atomic E-state index is 12.1. The molecule has 1 aliphatic carbocycles. The van der Waals surface area contributed by atoms with Crippen molar-refractivity contribution in [2.24, 2.45) is 5.92 Å². The van der Waals surface area contributed by atoms with Gasteiger partial charge in [0.15, 0.2) is 0 Å². The lowest BCUT2D eigenvalue weighted by molar-refractivity contribution is -0.143. The third-order valence-corrected chi connectivity index (χ3v) is 4.84. The van der Waals surface area contributed by atoms with Crippen LogP contribution >= 0.6 is 0 Å². The number of hydrogen-bond donors (Lipinski definition) is 2. The molecule has 2 amide bonds. The van der Waals surface area contributed by atoms with Crippen LogP contribution in [0.4, 0.5) is 0 Å². The quantitative estimate of drug-likeness (QED) is 0.711. The van der Waals surface area contributed by atoms with Crippen LogP contribution in [0.25, 0.3) is 0 Å². The first-order valence-electron chi connectivity index (χ1n) is 9.29. The summed E-state index contributed by atoms with van der Waals surface area (Å²) in [6.07, 6.45) is 6.51. The highest BCUT2D eigenvalue weighted by atomic mass is 16.4. The number of carbonyl (C=O) groups excluding carboxylic acids is 2. The van der Waals surface area contributed by atoms with E-state index in [1.165, 1.54) is 0 Å². The van der Waals surface area contributed by atoms with Crippen molar-refractivity contribution in [2.45, 2.75) is 77.7 Å². The summed E-state index contributed by atoms with van der Waals surface area (Å²) < 4.78 is 0. The van der Waals surface area contributed by atoms with Crippen molar-refractivity contribution in [3.63, 3.8) is 0 Å². The molecule has 2 unspecified atom stereocenters. The van der Waals surface area contributed by atoms with Crippen LogP contribution in [0, 0.1) is 5.92 Å². The molecule has 6 nitrogen and oxygen atoms in total. The van der Waals surface area contributed by atoms with E-state index in [1.54, 1.807) is 4.90 Å². The predicted molar refractivity (Wildman–Crippen MR) is 92.5 cm³/mol. The maximum Gasteiger partial charge on any atom is 0.308 e. The number of carbonyl (C=O) groups is 3. The number of nitrogens with one attached hydrogen (secondary N) is 1. The van der Waals surface area contributed by atoms with E-state index in [4.69, 9.17) is 0 Å². The molecule has 0 saturated heterocycles. The molecule has 1 aliphatic rings. The summed E-state index contributed by atoms with van der Waals surface area (Å²) in [6.45, 7) is 5.25. The van der Waals surface area contributed by atoms with Crippen molar-refractivity contribution < 1.29 is 19.5 Å². The molecule has 1 rings (SSSR count). The molecule has 2 atom stereocenters. The molecule has 0 radical (unpaired) electrons. The number of amides is 2. The number of nitrogens with zero attached hydrogens (tertiary/aromatic N) is 1. The van der Waals surface area contributed by atoms with Gasteiger partial charge in [0, 0.05) is 32.0 Å². The molecule has 2 N–H and O–H groups in total. The molecule has 138 valence electrons. The minimum absolute atomic E-state index is 0.0715. The number of aliphatic carboxylic acids is 1. The van der Waals surface area contributed by atoms with Crippen molar-refractivity contribution >= 4 is 17.8 Å². The Morgan fingerprint density at radius 1 is 1.00 bits per heavy atom. The standard InChI is InChI=1S/C18H32N2O4/c1-3-20(4-2)17(22)13-9-12-16(21)19-15-11-8-6-5-7-10-14(15)18(23)24/h14-15H,3-13H2,1-2H3,(H,19,21)(H,23,24). The summed E-state index contributed by atoms with van der Waals surface area (Å²) >= 11 is 0. The molecular weight excluding hydrogens is 308 g/mol. The van der Waals surface area contributed by atoms with E-state index < -0.39 is 11.9 Å². The fraction of sp³-hybridized carbons (Fsp3) is 0.833. The van der Waals surface area contributed by atoms with Gasteiger partial charge in [-0.05, 0) is 33.1 Å². The van der Waals surface area contributed by atoms with Gasteiger partial charge in [0.25, 0.3) is 0 Å². The van der Waals surface area contributed by atoms with Gasteiger partial charge in [-0.25, -0.2) is 0 Å². The third kappa shape index (κ3) is 6.89. The van der Waals surface area contributed by atoms with Crippen molar-refractivity contribution in [3.8, 4) is 0 Å². The van der Waals surface area contributed by atoms with E-state index in [-0.39, 0.29) is 24.3 Å². The molecular formula is C18H32N2O4. The van der Waals surface area contributed by atoms with Crippen LogP contribution in [-0.4, -0.2) is 46.9 Å². The predicted octanol–water partition coefficient (Wildman–Crippen LogP) is 2.56. The van der Waals surface area contributed by atoms with Crippen LogP contribution < -0.4 is 5.32 Å². The van der Waals surface area contributed by atoms with Crippen LogP contribution in [0.2, 0.25) is 0 Å². The van der Waals surface area contributed by atoms with Crippen molar-refractivity contribution in [1.82, 2.24) is 10.2 Å². The Balaban J connectivity index is 2.43.